The van der Waals surface area contributed by atoms with Crippen LogP contribution in [0.15, 0.2) is 0 Å². The van der Waals surface area contributed by atoms with E-state index in [0.29, 0.717) is 12.1 Å². The summed E-state index contributed by atoms with van der Waals surface area (Å²) in [5.41, 5.74) is 0.174. The number of carboxylic acid groups (broad SMARTS) is 1. The van der Waals surface area contributed by atoms with Gasteiger partial charge in [0.1, 0.15) is 12.2 Å². The summed E-state index contributed by atoms with van der Waals surface area (Å²) in [6.45, 7) is 8.74. The van der Waals surface area contributed by atoms with E-state index in [1.54, 1.807) is 11.8 Å². The zero-order chi connectivity index (χ0) is 16.3. The van der Waals surface area contributed by atoms with Crippen LogP contribution in [0.4, 0.5) is 11.5 Å². The Morgan fingerprint density at radius 2 is 2.05 bits per heavy atom. The van der Waals surface area contributed by atoms with Crippen LogP contribution in [0, 0.1) is 17.0 Å². The van der Waals surface area contributed by atoms with Gasteiger partial charge in [-0.15, -0.1) is 0 Å². The maximum Gasteiger partial charge on any atom is 0.333 e. The van der Waals surface area contributed by atoms with Gasteiger partial charge in [0.15, 0.2) is 0 Å². The maximum absolute atomic E-state index is 11.4. The monoisotopic (exact) mass is 298 g/mol. The maximum atomic E-state index is 11.4. The number of nitro groups is 1. The molecule has 1 aromatic heterocycles. The van der Waals surface area contributed by atoms with Crippen LogP contribution in [0.25, 0.3) is 0 Å². The van der Waals surface area contributed by atoms with E-state index in [0.717, 1.165) is 0 Å². The molecule has 0 spiro atoms. The third-order valence-electron chi connectivity index (χ3n) is 3.40. The molecule has 0 saturated heterocycles. The predicted molar refractivity (Wildman–Crippen MR) is 78.7 cm³/mol. The van der Waals surface area contributed by atoms with Gasteiger partial charge >= 0.3 is 11.7 Å². The van der Waals surface area contributed by atoms with Crippen molar-refractivity contribution in [2.24, 2.45) is 0 Å². The minimum atomic E-state index is -1.03. The smallest absolute Gasteiger partial charge is 0.333 e. The fraction of sp³-hybridized carbons (Fsp3) is 0.692. The van der Waals surface area contributed by atoms with Crippen molar-refractivity contribution in [3.05, 3.63) is 15.8 Å². The fourth-order valence-corrected chi connectivity index (χ4v) is 2.17. The minimum absolute atomic E-state index is 0.104. The number of rotatable bonds is 7. The van der Waals surface area contributed by atoms with Gasteiger partial charge in [-0.2, -0.15) is 5.10 Å². The quantitative estimate of drug-likeness (QED) is 0.612. The number of aliphatic carboxylic acids is 1. The van der Waals surface area contributed by atoms with Crippen molar-refractivity contribution in [2.75, 3.05) is 11.4 Å². The highest BCUT2D eigenvalue weighted by Gasteiger charge is 2.33. The molecule has 1 unspecified atom stereocenters. The molecule has 8 heteroatoms. The second kappa shape index (κ2) is 6.55. The number of hydrogen-bond acceptors (Lipinski definition) is 5. The van der Waals surface area contributed by atoms with Crippen LogP contribution in [0.5, 0.6) is 0 Å². The Morgan fingerprint density at radius 1 is 1.48 bits per heavy atom. The lowest BCUT2D eigenvalue weighted by Crippen LogP contribution is -2.39. The van der Waals surface area contributed by atoms with Crippen LogP contribution in [0.2, 0.25) is 0 Å². The topological polar surface area (TPSA) is 102 Å². The molecule has 0 saturated carbocycles. The van der Waals surface area contributed by atoms with Crippen LogP contribution in [0.3, 0.4) is 0 Å². The first-order valence-electron chi connectivity index (χ1n) is 6.92. The number of nitrogens with zero attached hydrogens (tertiary/aromatic N) is 4. The number of aryl methyl sites for hydroxylation is 1. The zero-order valence-electron chi connectivity index (χ0n) is 13.0. The fourth-order valence-electron chi connectivity index (χ4n) is 2.17. The van der Waals surface area contributed by atoms with E-state index in [-0.39, 0.29) is 30.1 Å². The summed E-state index contributed by atoms with van der Waals surface area (Å²) in [5, 5.41) is 24.7. The van der Waals surface area contributed by atoms with Gasteiger partial charge in [0.25, 0.3) is 0 Å². The molecule has 0 aliphatic carbocycles. The van der Waals surface area contributed by atoms with Gasteiger partial charge in [0, 0.05) is 12.1 Å². The first-order valence-corrected chi connectivity index (χ1v) is 6.92. The van der Waals surface area contributed by atoms with E-state index < -0.39 is 10.9 Å². The van der Waals surface area contributed by atoms with Crippen molar-refractivity contribution in [1.29, 1.82) is 0 Å². The van der Waals surface area contributed by atoms with Gasteiger partial charge < -0.3 is 10.0 Å². The lowest BCUT2D eigenvalue weighted by molar-refractivity contribution is -0.384. The lowest BCUT2D eigenvalue weighted by Gasteiger charge is -2.29. The molecule has 0 radical (unpaired) electrons. The predicted octanol–water partition coefficient (Wildman–Crippen LogP) is 2.37. The Kier molecular flexibility index (Phi) is 5.28. The normalized spacial score (nSPS) is 12.5. The van der Waals surface area contributed by atoms with Crippen LogP contribution in [0.1, 0.15) is 45.9 Å². The summed E-state index contributed by atoms with van der Waals surface area (Å²) < 4.78 is 1.53. The van der Waals surface area contributed by atoms with Gasteiger partial charge in [-0.1, -0.05) is 6.92 Å². The van der Waals surface area contributed by atoms with Crippen molar-refractivity contribution < 1.29 is 14.8 Å². The zero-order valence-corrected chi connectivity index (χ0v) is 13.0. The number of aromatic nitrogens is 2. The molecular weight excluding hydrogens is 276 g/mol. The average Bonchev–Trinajstić information content (AvgIpc) is 2.72. The first-order chi connectivity index (χ1) is 9.70. The molecule has 0 fully saturated rings. The Balaban J connectivity index is 3.53. The van der Waals surface area contributed by atoms with E-state index in [2.05, 4.69) is 5.10 Å². The van der Waals surface area contributed by atoms with Gasteiger partial charge in [0.05, 0.1) is 4.92 Å². The first kappa shape index (κ1) is 16.9. The van der Waals surface area contributed by atoms with Crippen molar-refractivity contribution in [3.63, 3.8) is 0 Å². The molecule has 8 nitrogen and oxygen atoms in total. The standard InChI is InChI=1S/C13H22N4O4/c1-6-9(4)15(7-11(18)19)13-12(17(20)21)10(5)14-16(13)8(2)3/h8-9H,6-7H2,1-5H3,(H,18,19). The highest BCUT2D eigenvalue weighted by molar-refractivity contribution is 5.75. The lowest BCUT2D eigenvalue weighted by atomic mass is 10.2. The molecule has 1 heterocycles. The number of carbonyl (C=O) groups is 1. The molecule has 0 bridgehead atoms. The summed E-state index contributed by atoms with van der Waals surface area (Å²) in [4.78, 5) is 23.5. The largest absolute Gasteiger partial charge is 0.480 e. The van der Waals surface area contributed by atoms with Crippen molar-refractivity contribution in [3.8, 4) is 0 Å². The molecule has 118 valence electrons. The van der Waals surface area contributed by atoms with Gasteiger partial charge in [0.2, 0.25) is 5.82 Å². The molecular formula is C13H22N4O4. The van der Waals surface area contributed by atoms with E-state index in [1.165, 1.54) is 4.68 Å². The molecule has 1 rings (SSSR count). The third kappa shape index (κ3) is 3.50. The summed E-state index contributed by atoms with van der Waals surface area (Å²) in [5.74, 6) is -0.761. The highest BCUT2D eigenvalue weighted by Crippen LogP contribution is 2.35. The summed E-state index contributed by atoms with van der Waals surface area (Å²) >= 11 is 0. The SMILES string of the molecule is CCC(C)N(CC(=O)O)c1c([N+](=O)[O-])c(C)nn1C(C)C. The number of hydrogen-bond donors (Lipinski definition) is 1. The van der Waals surface area contributed by atoms with Crippen LogP contribution >= 0.6 is 0 Å². The second-order valence-electron chi connectivity index (χ2n) is 5.33. The third-order valence-corrected chi connectivity index (χ3v) is 3.40. The second-order valence-corrected chi connectivity index (χ2v) is 5.33. The van der Waals surface area contributed by atoms with Gasteiger partial charge in [-0.3, -0.25) is 14.9 Å². The summed E-state index contributed by atoms with van der Waals surface area (Å²) in [7, 11) is 0. The molecule has 1 aromatic rings. The number of anilines is 1. The van der Waals surface area contributed by atoms with Crippen molar-refractivity contribution >= 4 is 17.5 Å². The van der Waals surface area contributed by atoms with E-state index >= 15 is 0 Å². The summed E-state index contributed by atoms with van der Waals surface area (Å²) in [6, 6.07) is -0.249. The van der Waals surface area contributed by atoms with Gasteiger partial charge in [-0.05, 0) is 34.1 Å². The molecule has 21 heavy (non-hydrogen) atoms. The Hall–Kier alpha value is -2.12. The van der Waals surface area contributed by atoms with Gasteiger partial charge in [-0.25, -0.2) is 4.68 Å². The molecule has 0 aliphatic rings. The minimum Gasteiger partial charge on any atom is -0.480 e. The molecule has 0 aromatic carbocycles. The molecule has 1 N–H and O–H groups in total. The average molecular weight is 298 g/mol. The van der Waals surface area contributed by atoms with Crippen LogP contribution < -0.4 is 4.90 Å². The van der Waals surface area contributed by atoms with E-state index in [1.807, 2.05) is 27.7 Å². The van der Waals surface area contributed by atoms with Crippen molar-refractivity contribution in [1.82, 2.24) is 9.78 Å². The molecule has 0 amide bonds. The highest BCUT2D eigenvalue weighted by atomic mass is 16.6. The van der Waals surface area contributed by atoms with E-state index in [4.69, 9.17) is 5.11 Å². The molecule has 1 atom stereocenters. The van der Waals surface area contributed by atoms with Crippen LogP contribution in [-0.2, 0) is 4.79 Å². The Morgan fingerprint density at radius 3 is 2.43 bits per heavy atom. The van der Waals surface area contributed by atoms with Crippen molar-refractivity contribution in [2.45, 2.75) is 53.1 Å². The Bertz CT molecular complexity index is 539. The molecule has 0 aliphatic heterocycles. The Labute approximate surface area is 123 Å². The van der Waals surface area contributed by atoms with Crippen LogP contribution in [-0.4, -0.2) is 38.4 Å². The number of carboxylic acids is 1. The van der Waals surface area contributed by atoms with E-state index in [9.17, 15) is 14.9 Å². The summed E-state index contributed by atoms with van der Waals surface area (Å²) in [6.07, 6.45) is 0.673.